The summed E-state index contributed by atoms with van der Waals surface area (Å²) in [6, 6.07) is 4.42. The molecule has 2 aliphatic rings. The van der Waals surface area contributed by atoms with E-state index in [-0.39, 0.29) is 0 Å². The summed E-state index contributed by atoms with van der Waals surface area (Å²) in [5.74, 6) is 1.84. The van der Waals surface area contributed by atoms with Gasteiger partial charge in [-0.2, -0.15) is 0 Å². The molecule has 0 aromatic carbocycles. The minimum atomic E-state index is -2.19. The SMILES string of the molecule is CCB1/C(=[C](/n2cccc2)[Sn]([CH3])([CH3])[CH3])C2CCCC1CCC2. The first-order valence-electron chi connectivity index (χ1n) is 9.40. The summed E-state index contributed by atoms with van der Waals surface area (Å²) in [7, 11) is 0. The zero-order valence-corrected chi connectivity index (χ0v) is 17.8. The summed E-state index contributed by atoms with van der Waals surface area (Å²) in [6.07, 6.45) is 14.8. The van der Waals surface area contributed by atoms with E-state index >= 15 is 0 Å². The Hall–Kier alpha value is -0.116. The Morgan fingerprint density at radius 1 is 1.09 bits per heavy atom. The van der Waals surface area contributed by atoms with Gasteiger partial charge in [0.25, 0.3) is 0 Å². The van der Waals surface area contributed by atoms with Gasteiger partial charge in [-0.3, -0.25) is 0 Å². The second-order valence-corrected chi connectivity index (χ2v) is 22.7. The number of nitrogens with zero attached hydrogens (tertiary/aromatic N) is 1. The van der Waals surface area contributed by atoms with Gasteiger partial charge in [-0.1, -0.05) is 0 Å². The van der Waals surface area contributed by atoms with Crippen molar-refractivity contribution in [3.05, 3.63) is 30.0 Å². The number of hydrogen-bond acceptors (Lipinski definition) is 0. The molecule has 2 fully saturated rings. The zero-order chi connectivity index (χ0) is 15.7. The average molecular weight is 404 g/mol. The molecule has 2 bridgehead atoms. The van der Waals surface area contributed by atoms with Crippen molar-refractivity contribution in [3.8, 4) is 0 Å². The van der Waals surface area contributed by atoms with E-state index in [0.29, 0.717) is 0 Å². The molecule has 120 valence electrons. The van der Waals surface area contributed by atoms with Crippen molar-refractivity contribution in [3.63, 3.8) is 0 Å². The van der Waals surface area contributed by atoms with Crippen LogP contribution in [-0.4, -0.2) is 29.7 Å². The van der Waals surface area contributed by atoms with Crippen molar-refractivity contribution < 1.29 is 0 Å². The Balaban J connectivity index is 2.21. The fourth-order valence-electron chi connectivity index (χ4n) is 5.19. The quantitative estimate of drug-likeness (QED) is 0.546. The maximum atomic E-state index is 2.61. The minimum absolute atomic E-state index is 0.864. The topological polar surface area (TPSA) is 4.93 Å². The zero-order valence-electron chi connectivity index (χ0n) is 14.9. The number of hydrogen-bond donors (Lipinski definition) is 0. The average Bonchev–Trinajstić information content (AvgIpc) is 2.80. The first kappa shape index (κ1) is 16.7. The fourth-order valence-corrected chi connectivity index (χ4v) is 11.4. The van der Waals surface area contributed by atoms with Crippen molar-refractivity contribution in [2.45, 2.75) is 72.4 Å². The van der Waals surface area contributed by atoms with Crippen LogP contribution in [0.2, 0.25) is 27.0 Å². The predicted molar refractivity (Wildman–Crippen MR) is 102 cm³/mol. The van der Waals surface area contributed by atoms with Crippen molar-refractivity contribution in [2.24, 2.45) is 5.92 Å². The molecular formula is C19H32BNSn. The Morgan fingerprint density at radius 2 is 1.68 bits per heavy atom. The molecule has 1 nitrogen and oxygen atoms in total. The second kappa shape index (κ2) is 6.79. The van der Waals surface area contributed by atoms with E-state index in [1.807, 2.05) is 9.19 Å². The molecule has 3 heterocycles. The van der Waals surface area contributed by atoms with Crippen molar-refractivity contribution in [1.29, 1.82) is 0 Å². The van der Waals surface area contributed by atoms with Crippen LogP contribution in [-0.2, 0) is 0 Å². The summed E-state index contributed by atoms with van der Waals surface area (Å²) < 4.78 is 4.33. The third-order valence-electron chi connectivity index (χ3n) is 5.95. The van der Waals surface area contributed by atoms with Gasteiger partial charge in [-0.15, -0.1) is 0 Å². The van der Waals surface area contributed by atoms with E-state index in [9.17, 15) is 0 Å². The van der Waals surface area contributed by atoms with E-state index in [0.717, 1.165) is 18.4 Å². The third-order valence-corrected chi connectivity index (χ3v) is 11.6. The van der Waals surface area contributed by atoms with Gasteiger partial charge in [0, 0.05) is 0 Å². The molecule has 0 spiro atoms. The van der Waals surface area contributed by atoms with E-state index in [1.165, 1.54) is 44.8 Å². The van der Waals surface area contributed by atoms with Gasteiger partial charge in [0.1, 0.15) is 0 Å². The fraction of sp³-hybridized carbons (Fsp3) is 0.684. The number of rotatable bonds is 3. The van der Waals surface area contributed by atoms with Crippen LogP contribution in [0.15, 0.2) is 30.0 Å². The molecule has 2 saturated heterocycles. The molecule has 0 amide bonds. The van der Waals surface area contributed by atoms with Crippen LogP contribution in [0.3, 0.4) is 0 Å². The van der Waals surface area contributed by atoms with Crippen molar-refractivity contribution in [1.82, 2.24) is 4.57 Å². The van der Waals surface area contributed by atoms with E-state index in [4.69, 9.17) is 0 Å². The van der Waals surface area contributed by atoms with Crippen LogP contribution in [0.4, 0.5) is 0 Å². The molecule has 3 rings (SSSR count). The summed E-state index contributed by atoms with van der Waals surface area (Å²) in [5, 5.41) is 0. The molecular weight excluding hydrogens is 372 g/mol. The molecule has 0 radical (unpaired) electrons. The molecule has 0 unspecified atom stereocenters. The van der Waals surface area contributed by atoms with Gasteiger partial charge in [0.05, 0.1) is 0 Å². The standard InChI is InChI=1S/C16H23BN.3CH3.Sn/c1-2-17-15-9-5-7-14(8-6-10-15)16(17)13-18-11-3-4-12-18;;;;/h3-4,11-12,14-15H,2,5-10H2,1H3;3*1H3;. The van der Waals surface area contributed by atoms with Gasteiger partial charge < -0.3 is 0 Å². The van der Waals surface area contributed by atoms with Gasteiger partial charge in [-0.25, -0.2) is 0 Å². The van der Waals surface area contributed by atoms with Gasteiger partial charge in [-0.05, 0) is 0 Å². The molecule has 0 saturated carbocycles. The van der Waals surface area contributed by atoms with E-state index < -0.39 is 18.4 Å². The van der Waals surface area contributed by atoms with Gasteiger partial charge in [0.2, 0.25) is 0 Å². The Kier molecular flexibility index (Phi) is 5.16. The molecule has 0 atom stereocenters. The molecule has 0 N–H and O–H groups in total. The predicted octanol–water partition coefficient (Wildman–Crippen LogP) is 5.98. The normalized spacial score (nSPS) is 28.5. The van der Waals surface area contributed by atoms with Crippen molar-refractivity contribution >= 4 is 28.8 Å². The Morgan fingerprint density at radius 3 is 2.18 bits per heavy atom. The molecule has 0 aliphatic carbocycles. The molecule has 22 heavy (non-hydrogen) atoms. The summed E-state index contributed by atoms with van der Waals surface area (Å²) >= 11 is -2.19. The first-order chi connectivity index (χ1) is 10.5. The third kappa shape index (κ3) is 3.23. The van der Waals surface area contributed by atoms with E-state index in [1.54, 1.807) is 0 Å². The molecule has 3 heteroatoms. The first-order valence-corrected chi connectivity index (χ1v) is 19.4. The maximum absolute atomic E-state index is 2.61. The molecule has 1 aromatic heterocycles. The summed E-state index contributed by atoms with van der Waals surface area (Å²) in [5.41, 5.74) is 1.92. The summed E-state index contributed by atoms with van der Waals surface area (Å²) in [6.45, 7) is 3.31. The van der Waals surface area contributed by atoms with Crippen LogP contribution in [0.25, 0.3) is 3.71 Å². The van der Waals surface area contributed by atoms with Crippen LogP contribution in [0.5, 0.6) is 0 Å². The van der Waals surface area contributed by atoms with Gasteiger partial charge >= 0.3 is 142 Å². The number of allylic oxidation sites excluding steroid dienone is 1. The Labute approximate surface area is 141 Å². The Bertz CT molecular complexity index is 516. The second-order valence-electron chi connectivity index (χ2n) is 8.48. The van der Waals surface area contributed by atoms with Gasteiger partial charge in [0.15, 0.2) is 0 Å². The van der Waals surface area contributed by atoms with E-state index in [2.05, 4.69) is 50.8 Å². The summed E-state index contributed by atoms with van der Waals surface area (Å²) in [4.78, 5) is 7.83. The molecule has 1 aromatic rings. The van der Waals surface area contributed by atoms with Crippen LogP contribution in [0, 0.1) is 5.92 Å². The number of fused-ring (bicyclic) bond motifs is 3. The van der Waals surface area contributed by atoms with Crippen molar-refractivity contribution in [2.75, 3.05) is 0 Å². The monoisotopic (exact) mass is 405 g/mol. The molecule has 2 aliphatic heterocycles. The van der Waals surface area contributed by atoms with Crippen LogP contribution >= 0.6 is 0 Å². The van der Waals surface area contributed by atoms with Crippen LogP contribution < -0.4 is 0 Å². The van der Waals surface area contributed by atoms with Crippen LogP contribution in [0.1, 0.15) is 45.4 Å². The number of aromatic nitrogens is 1.